The Kier molecular flexibility index (Phi) is 9.02. The molecule has 2 aromatic carbocycles. The van der Waals surface area contributed by atoms with Gasteiger partial charge in [0.05, 0.1) is 14.7 Å². The monoisotopic (exact) mass is 513 g/mol. The summed E-state index contributed by atoms with van der Waals surface area (Å²) in [5.41, 5.74) is 1.89. The van der Waals surface area contributed by atoms with Crippen LogP contribution in [0, 0.1) is 11.7 Å². The van der Waals surface area contributed by atoms with Crippen molar-refractivity contribution in [1.82, 2.24) is 10.2 Å². The van der Waals surface area contributed by atoms with Gasteiger partial charge in [0, 0.05) is 38.7 Å². The van der Waals surface area contributed by atoms with E-state index in [1.54, 1.807) is 36.3 Å². The second kappa shape index (κ2) is 11.8. The van der Waals surface area contributed by atoms with Crippen molar-refractivity contribution in [3.63, 3.8) is 0 Å². The summed E-state index contributed by atoms with van der Waals surface area (Å²) in [6.45, 7) is 9.15. The fourth-order valence-electron chi connectivity index (χ4n) is 4.41. The number of likely N-dealkylation sites (tertiary alicyclic amines) is 1. The molecule has 0 radical (unpaired) electrons. The topological polar surface area (TPSA) is 87.7 Å². The van der Waals surface area contributed by atoms with Gasteiger partial charge in [-0.05, 0) is 41.3 Å². The van der Waals surface area contributed by atoms with Gasteiger partial charge < -0.3 is 20.3 Å². The van der Waals surface area contributed by atoms with Gasteiger partial charge in [0.1, 0.15) is 11.9 Å². The lowest BCUT2D eigenvalue weighted by Crippen LogP contribution is -2.45. The number of methoxy groups -OCH3 is 1. The number of anilines is 1. The molecule has 36 heavy (non-hydrogen) atoms. The molecule has 0 aromatic heterocycles. The minimum Gasteiger partial charge on any atom is -0.380 e. The molecule has 9 heteroatoms. The average molecular weight is 514 g/mol. The summed E-state index contributed by atoms with van der Waals surface area (Å²) in [4.78, 5) is 39.8. The molecule has 1 aliphatic heterocycles. The van der Waals surface area contributed by atoms with Crippen molar-refractivity contribution in [1.29, 1.82) is 0 Å². The molecule has 0 spiro atoms. The minimum atomic E-state index is -1.86. The van der Waals surface area contributed by atoms with E-state index in [1.807, 2.05) is 12.1 Å². The Hall–Kier alpha value is -3.04. The number of halogens is 1. The fourth-order valence-corrected chi connectivity index (χ4v) is 5.78. The Labute approximate surface area is 213 Å². The van der Waals surface area contributed by atoms with Crippen molar-refractivity contribution in [2.24, 2.45) is 5.92 Å². The molecule has 3 amide bonds. The van der Waals surface area contributed by atoms with Crippen LogP contribution in [0.3, 0.4) is 0 Å². The molecule has 1 heterocycles. The zero-order chi connectivity index (χ0) is 26.5. The van der Waals surface area contributed by atoms with Crippen LogP contribution in [0.25, 0.3) is 0 Å². The van der Waals surface area contributed by atoms with Crippen molar-refractivity contribution in [2.45, 2.75) is 52.1 Å². The first-order valence-electron chi connectivity index (χ1n) is 12.2. The van der Waals surface area contributed by atoms with Gasteiger partial charge in [-0.2, -0.15) is 0 Å². The molecule has 7 nitrogen and oxygen atoms in total. The number of ether oxygens (including phenoxy) is 1. The third-order valence-corrected chi connectivity index (χ3v) is 8.55. The Bertz CT molecular complexity index is 1090. The molecule has 0 saturated carbocycles. The van der Waals surface area contributed by atoms with Crippen molar-refractivity contribution < 1.29 is 23.5 Å². The molecule has 2 N–H and O–H groups in total. The molecule has 1 unspecified atom stereocenters. The highest BCUT2D eigenvalue weighted by Gasteiger charge is 2.30. The maximum Gasteiger partial charge on any atom is 0.251 e. The summed E-state index contributed by atoms with van der Waals surface area (Å²) >= 11 is 0. The van der Waals surface area contributed by atoms with E-state index in [9.17, 15) is 18.8 Å². The highest BCUT2D eigenvalue weighted by atomic mass is 28.3. The van der Waals surface area contributed by atoms with Gasteiger partial charge in [0.2, 0.25) is 11.8 Å². The van der Waals surface area contributed by atoms with Crippen LogP contribution in [0.2, 0.25) is 19.6 Å². The van der Waals surface area contributed by atoms with Crippen LogP contribution in [-0.4, -0.2) is 50.9 Å². The predicted octanol–water partition coefficient (Wildman–Crippen LogP) is 3.57. The van der Waals surface area contributed by atoms with Crippen LogP contribution in [0.5, 0.6) is 0 Å². The third-order valence-electron chi connectivity index (χ3n) is 6.53. The van der Waals surface area contributed by atoms with E-state index in [2.05, 4.69) is 30.3 Å². The van der Waals surface area contributed by atoms with Crippen LogP contribution in [-0.2, 0) is 25.7 Å². The molecule has 1 saturated heterocycles. The minimum absolute atomic E-state index is 0.00496. The van der Waals surface area contributed by atoms with Crippen LogP contribution in [0.4, 0.5) is 10.1 Å². The lowest BCUT2D eigenvalue weighted by Gasteiger charge is -2.31. The normalized spacial score (nSPS) is 15.3. The van der Waals surface area contributed by atoms with Gasteiger partial charge in [0.15, 0.2) is 0 Å². The van der Waals surface area contributed by atoms with Crippen LogP contribution in [0.15, 0.2) is 42.5 Å². The molecule has 2 aromatic rings. The van der Waals surface area contributed by atoms with Gasteiger partial charge in [-0.3, -0.25) is 14.4 Å². The maximum atomic E-state index is 14.8. The van der Waals surface area contributed by atoms with Gasteiger partial charge in [0.25, 0.3) is 5.91 Å². The largest absolute Gasteiger partial charge is 0.380 e. The molecular weight excluding hydrogens is 477 g/mol. The quantitative estimate of drug-likeness (QED) is 0.529. The average Bonchev–Trinajstić information content (AvgIpc) is 2.82. The summed E-state index contributed by atoms with van der Waals surface area (Å²) in [6.07, 6.45) is 1.08. The highest BCUT2D eigenvalue weighted by molar-refractivity contribution is 6.88. The first kappa shape index (κ1) is 27.5. The van der Waals surface area contributed by atoms with Gasteiger partial charge in [-0.25, -0.2) is 4.39 Å². The van der Waals surface area contributed by atoms with Crippen molar-refractivity contribution >= 4 is 36.7 Å². The standard InChI is InChI=1S/C27H36FN3O4Si/c1-18(32)31-14-12-21(13-15-31)26(33)30-25(20-8-6-19(7-9-20)17-35-2)27(34)29-22-10-11-24(23(28)16-22)36(3,4)5/h6-11,16,21,25H,12-15,17H2,1-5H3,(H,29,34)(H,30,33). The van der Waals surface area contributed by atoms with Crippen molar-refractivity contribution in [2.75, 3.05) is 25.5 Å². The van der Waals surface area contributed by atoms with E-state index >= 15 is 0 Å². The molecular formula is C27H36FN3O4Si. The number of benzene rings is 2. The molecule has 1 fully saturated rings. The zero-order valence-corrected chi connectivity index (χ0v) is 22.7. The SMILES string of the molecule is COCc1ccc(C(NC(=O)C2CCN(C(C)=O)CC2)C(=O)Nc2ccc([Si](C)(C)C)c(F)c2)cc1. The summed E-state index contributed by atoms with van der Waals surface area (Å²) in [5.74, 6) is -1.33. The van der Waals surface area contributed by atoms with Crippen molar-refractivity contribution in [3.8, 4) is 0 Å². The Morgan fingerprint density at radius 1 is 1.08 bits per heavy atom. The molecule has 3 rings (SSSR count). The van der Waals surface area contributed by atoms with Crippen LogP contribution < -0.4 is 15.8 Å². The number of hydrogen-bond donors (Lipinski definition) is 2. The summed E-state index contributed by atoms with van der Waals surface area (Å²) < 4.78 is 19.9. The third kappa shape index (κ3) is 7.01. The van der Waals surface area contributed by atoms with E-state index in [0.29, 0.717) is 49.0 Å². The Morgan fingerprint density at radius 3 is 2.25 bits per heavy atom. The van der Waals surface area contributed by atoms with E-state index in [0.717, 1.165) is 5.56 Å². The Morgan fingerprint density at radius 2 is 1.72 bits per heavy atom. The number of rotatable bonds is 8. The van der Waals surface area contributed by atoms with E-state index in [4.69, 9.17) is 4.74 Å². The maximum absolute atomic E-state index is 14.8. The number of piperidine rings is 1. The molecule has 194 valence electrons. The van der Waals surface area contributed by atoms with Gasteiger partial charge in [-0.15, -0.1) is 0 Å². The number of hydrogen-bond acceptors (Lipinski definition) is 4. The second-order valence-electron chi connectivity index (χ2n) is 10.3. The van der Waals surface area contributed by atoms with Crippen LogP contribution >= 0.6 is 0 Å². The second-order valence-corrected chi connectivity index (χ2v) is 15.4. The summed E-state index contributed by atoms with van der Waals surface area (Å²) in [5, 5.41) is 6.36. The molecule has 0 bridgehead atoms. The van der Waals surface area contributed by atoms with E-state index in [1.165, 1.54) is 13.0 Å². The van der Waals surface area contributed by atoms with E-state index < -0.39 is 20.0 Å². The zero-order valence-electron chi connectivity index (χ0n) is 21.7. The molecule has 1 atom stereocenters. The number of carbonyl (C=O) groups excluding carboxylic acids is 3. The molecule has 1 aliphatic rings. The van der Waals surface area contributed by atoms with Crippen LogP contribution in [0.1, 0.15) is 36.9 Å². The first-order valence-corrected chi connectivity index (χ1v) is 15.7. The van der Waals surface area contributed by atoms with Gasteiger partial charge >= 0.3 is 0 Å². The number of amides is 3. The number of nitrogens with zero attached hydrogens (tertiary/aromatic N) is 1. The summed E-state index contributed by atoms with van der Waals surface area (Å²) in [7, 11) is -0.255. The fraction of sp³-hybridized carbons (Fsp3) is 0.444. The smallest absolute Gasteiger partial charge is 0.251 e. The van der Waals surface area contributed by atoms with Crippen molar-refractivity contribution in [3.05, 3.63) is 59.4 Å². The number of nitrogens with one attached hydrogen (secondary N) is 2. The highest BCUT2D eigenvalue weighted by Crippen LogP contribution is 2.22. The summed E-state index contributed by atoms with van der Waals surface area (Å²) in [6, 6.07) is 11.1. The van der Waals surface area contributed by atoms with Gasteiger partial charge in [-0.1, -0.05) is 50.0 Å². The predicted molar refractivity (Wildman–Crippen MR) is 141 cm³/mol. The number of carbonyl (C=O) groups is 3. The first-order chi connectivity index (χ1) is 17.0. The Balaban J connectivity index is 1.80. The molecule has 0 aliphatic carbocycles. The van der Waals surface area contributed by atoms with E-state index in [-0.39, 0.29) is 23.5 Å². The lowest BCUT2D eigenvalue weighted by molar-refractivity contribution is -0.134. The lowest BCUT2D eigenvalue weighted by atomic mass is 9.94.